The Morgan fingerprint density at radius 2 is 2.22 bits per heavy atom. The quantitative estimate of drug-likeness (QED) is 0.494. The molecule has 98 valence electrons. The molecule has 1 rings (SSSR count). The fraction of sp³-hybridized carbons (Fsp3) is 0.333. The standard InChI is InChI=1S/C9H8F2N2O5/c1-18-7(15)2-4-8(9(10)11)5(14)3-6(12-4)13(16)17/h3,9H,2H2,1H3,(H,12,14). The largest absolute Gasteiger partial charge is 0.469 e. The van der Waals surface area contributed by atoms with Gasteiger partial charge in [0.1, 0.15) is 17.7 Å². The van der Waals surface area contributed by atoms with Crippen molar-refractivity contribution in [3.63, 3.8) is 0 Å². The number of nitrogens with zero attached hydrogens (tertiary/aromatic N) is 1. The summed E-state index contributed by atoms with van der Waals surface area (Å²) in [6.07, 6.45) is -3.82. The topological polar surface area (TPSA) is 102 Å². The number of alkyl halides is 2. The van der Waals surface area contributed by atoms with Crippen LogP contribution in [0.3, 0.4) is 0 Å². The summed E-state index contributed by atoms with van der Waals surface area (Å²) in [6.45, 7) is 0. The first kappa shape index (κ1) is 13.7. The number of pyridine rings is 1. The van der Waals surface area contributed by atoms with E-state index in [1.165, 1.54) is 0 Å². The second-order valence-electron chi connectivity index (χ2n) is 3.22. The van der Waals surface area contributed by atoms with Gasteiger partial charge in [0, 0.05) is 0 Å². The molecule has 0 bridgehead atoms. The monoisotopic (exact) mass is 262 g/mol. The third-order valence-corrected chi connectivity index (χ3v) is 2.10. The summed E-state index contributed by atoms with van der Waals surface area (Å²) in [6, 6.07) is 0.447. The average Bonchev–Trinajstić information content (AvgIpc) is 2.27. The van der Waals surface area contributed by atoms with Gasteiger partial charge >= 0.3 is 11.8 Å². The van der Waals surface area contributed by atoms with Gasteiger partial charge in [-0.1, -0.05) is 0 Å². The van der Waals surface area contributed by atoms with Crippen LogP contribution in [0.1, 0.15) is 17.7 Å². The second-order valence-corrected chi connectivity index (χ2v) is 3.22. The van der Waals surface area contributed by atoms with Crippen molar-refractivity contribution in [2.24, 2.45) is 0 Å². The number of H-pyrrole nitrogens is 1. The van der Waals surface area contributed by atoms with Crippen molar-refractivity contribution in [1.82, 2.24) is 4.98 Å². The molecule has 0 aliphatic rings. The highest BCUT2D eigenvalue weighted by Crippen LogP contribution is 2.20. The number of hydrogen-bond acceptors (Lipinski definition) is 5. The molecule has 0 spiro atoms. The van der Waals surface area contributed by atoms with Crippen molar-refractivity contribution >= 4 is 11.8 Å². The lowest BCUT2D eigenvalue weighted by Gasteiger charge is -2.05. The summed E-state index contributed by atoms with van der Waals surface area (Å²) in [7, 11) is 1.03. The number of carbonyl (C=O) groups is 1. The lowest BCUT2D eigenvalue weighted by Crippen LogP contribution is -2.18. The van der Waals surface area contributed by atoms with Gasteiger partial charge in [-0.15, -0.1) is 0 Å². The van der Waals surface area contributed by atoms with Gasteiger partial charge in [0.2, 0.25) is 0 Å². The molecular weight excluding hydrogens is 254 g/mol. The zero-order valence-electron chi connectivity index (χ0n) is 9.11. The zero-order valence-corrected chi connectivity index (χ0v) is 9.11. The number of methoxy groups -OCH3 is 1. The molecule has 0 aromatic carbocycles. The minimum atomic E-state index is -3.14. The van der Waals surface area contributed by atoms with Crippen LogP contribution in [0.15, 0.2) is 10.9 Å². The molecule has 0 saturated heterocycles. The van der Waals surface area contributed by atoms with Crippen LogP contribution in [-0.2, 0) is 16.0 Å². The van der Waals surface area contributed by atoms with Gasteiger partial charge in [-0.05, 0) is 4.92 Å². The number of nitrogens with one attached hydrogen (secondary N) is 1. The summed E-state index contributed by atoms with van der Waals surface area (Å²) in [4.78, 5) is 33.9. The van der Waals surface area contributed by atoms with Crippen molar-refractivity contribution in [1.29, 1.82) is 0 Å². The maximum absolute atomic E-state index is 12.6. The Labute approximate surface area is 98.5 Å². The van der Waals surface area contributed by atoms with Crippen LogP contribution in [0, 0.1) is 10.1 Å². The zero-order chi connectivity index (χ0) is 13.9. The molecule has 7 nitrogen and oxygen atoms in total. The lowest BCUT2D eigenvalue weighted by molar-refractivity contribution is -0.389. The molecule has 1 aromatic rings. The average molecular weight is 262 g/mol. The van der Waals surface area contributed by atoms with Gasteiger partial charge in [-0.25, -0.2) is 13.8 Å². The Bertz CT molecular complexity index is 540. The first-order valence-electron chi connectivity index (χ1n) is 4.62. The number of ether oxygens (including phenoxy) is 1. The first-order valence-corrected chi connectivity index (χ1v) is 4.62. The Hall–Kier alpha value is -2.32. The van der Waals surface area contributed by atoms with Gasteiger partial charge in [0.15, 0.2) is 5.43 Å². The van der Waals surface area contributed by atoms with Crippen molar-refractivity contribution in [3.05, 3.63) is 37.7 Å². The van der Waals surface area contributed by atoms with Crippen LogP contribution in [0.4, 0.5) is 14.6 Å². The van der Waals surface area contributed by atoms with E-state index in [1.54, 1.807) is 0 Å². The van der Waals surface area contributed by atoms with Gasteiger partial charge in [-0.2, -0.15) is 0 Å². The predicted molar refractivity (Wildman–Crippen MR) is 54.4 cm³/mol. The molecule has 0 unspecified atom stereocenters. The number of halogens is 2. The molecule has 0 amide bonds. The van der Waals surface area contributed by atoms with Crippen LogP contribution in [0.5, 0.6) is 0 Å². The first-order chi connectivity index (χ1) is 8.36. The van der Waals surface area contributed by atoms with E-state index >= 15 is 0 Å². The molecule has 0 aliphatic heterocycles. The Morgan fingerprint density at radius 1 is 1.61 bits per heavy atom. The summed E-state index contributed by atoms with van der Waals surface area (Å²) in [5.41, 5.74) is -2.68. The molecule has 1 N–H and O–H groups in total. The molecule has 0 radical (unpaired) electrons. The van der Waals surface area contributed by atoms with Crippen LogP contribution < -0.4 is 5.43 Å². The van der Waals surface area contributed by atoms with Crippen molar-refractivity contribution in [2.45, 2.75) is 12.8 Å². The fourth-order valence-electron chi connectivity index (χ4n) is 1.30. The number of esters is 1. The second kappa shape index (κ2) is 5.34. The predicted octanol–water partition coefficient (Wildman–Crippen LogP) is 0.936. The van der Waals surface area contributed by atoms with Crippen LogP contribution in [-0.4, -0.2) is 23.0 Å². The number of nitro groups is 1. The molecular formula is C9H8F2N2O5. The van der Waals surface area contributed by atoms with Gasteiger partial charge in [0.25, 0.3) is 6.43 Å². The molecule has 0 atom stereocenters. The molecule has 1 heterocycles. The Kier molecular flexibility index (Phi) is 4.08. The third kappa shape index (κ3) is 2.87. The van der Waals surface area contributed by atoms with E-state index in [1.807, 2.05) is 4.98 Å². The van der Waals surface area contributed by atoms with E-state index in [2.05, 4.69) is 4.74 Å². The van der Waals surface area contributed by atoms with Crippen LogP contribution in [0.25, 0.3) is 0 Å². The summed E-state index contributed by atoms with van der Waals surface area (Å²) >= 11 is 0. The van der Waals surface area contributed by atoms with Crippen molar-refractivity contribution in [3.8, 4) is 0 Å². The van der Waals surface area contributed by atoms with Crippen LogP contribution >= 0.6 is 0 Å². The molecule has 0 fully saturated rings. The number of hydrogen-bond donors (Lipinski definition) is 1. The Morgan fingerprint density at radius 3 is 2.67 bits per heavy atom. The minimum Gasteiger partial charge on any atom is -0.469 e. The maximum Gasteiger partial charge on any atom is 0.324 e. The highest BCUT2D eigenvalue weighted by molar-refractivity contribution is 5.72. The third-order valence-electron chi connectivity index (χ3n) is 2.10. The molecule has 1 aromatic heterocycles. The molecule has 18 heavy (non-hydrogen) atoms. The summed E-state index contributed by atoms with van der Waals surface area (Å²) in [5.74, 6) is -1.66. The van der Waals surface area contributed by atoms with Crippen LogP contribution in [0.2, 0.25) is 0 Å². The summed E-state index contributed by atoms with van der Waals surface area (Å²) < 4.78 is 29.5. The number of aromatic amines is 1. The number of rotatable bonds is 4. The lowest BCUT2D eigenvalue weighted by atomic mass is 10.1. The SMILES string of the molecule is COC(=O)Cc1[nH]c([N+](=O)[O-])cc(=O)c1C(F)F. The Balaban J connectivity index is 3.38. The minimum absolute atomic E-state index is 0.447. The van der Waals surface area contributed by atoms with Crippen molar-refractivity contribution < 1.29 is 23.2 Å². The fourth-order valence-corrected chi connectivity index (χ4v) is 1.30. The number of aromatic nitrogens is 1. The molecule has 0 saturated carbocycles. The highest BCUT2D eigenvalue weighted by atomic mass is 19.3. The smallest absolute Gasteiger partial charge is 0.324 e. The van der Waals surface area contributed by atoms with E-state index in [-0.39, 0.29) is 0 Å². The van der Waals surface area contributed by atoms with E-state index in [0.29, 0.717) is 6.07 Å². The van der Waals surface area contributed by atoms with Gasteiger partial charge in [-0.3, -0.25) is 9.59 Å². The van der Waals surface area contributed by atoms with Gasteiger partial charge < -0.3 is 14.9 Å². The van der Waals surface area contributed by atoms with E-state index in [9.17, 15) is 28.5 Å². The van der Waals surface area contributed by atoms with Gasteiger partial charge in [0.05, 0.1) is 13.2 Å². The number of carbonyl (C=O) groups excluding carboxylic acids is 1. The molecule has 0 aliphatic carbocycles. The molecule has 9 heteroatoms. The normalized spacial score (nSPS) is 10.4. The highest BCUT2D eigenvalue weighted by Gasteiger charge is 2.25. The summed E-state index contributed by atoms with van der Waals surface area (Å²) in [5, 5.41) is 10.5. The van der Waals surface area contributed by atoms with E-state index in [0.717, 1.165) is 7.11 Å². The van der Waals surface area contributed by atoms with E-state index in [4.69, 9.17) is 0 Å². The van der Waals surface area contributed by atoms with Crippen molar-refractivity contribution in [2.75, 3.05) is 7.11 Å². The maximum atomic E-state index is 12.6. The van der Waals surface area contributed by atoms with E-state index < -0.39 is 46.2 Å².